The van der Waals surface area contributed by atoms with Gasteiger partial charge in [-0.1, -0.05) is 13.8 Å². The number of aliphatic carboxylic acids is 1. The third-order valence-electron chi connectivity index (χ3n) is 4.49. The Bertz CT molecular complexity index is 805. The van der Waals surface area contributed by atoms with Gasteiger partial charge >= 0.3 is 5.97 Å². The predicted molar refractivity (Wildman–Crippen MR) is 94.7 cm³/mol. The molecule has 1 heterocycles. The van der Waals surface area contributed by atoms with Crippen molar-refractivity contribution in [2.24, 2.45) is 0 Å². The minimum absolute atomic E-state index is 0.0181. The van der Waals surface area contributed by atoms with Gasteiger partial charge in [0.15, 0.2) is 0 Å². The van der Waals surface area contributed by atoms with Gasteiger partial charge in [0, 0.05) is 26.6 Å². The Balaban J connectivity index is 2.44. The molecule has 0 unspecified atom stereocenters. The van der Waals surface area contributed by atoms with Crippen LogP contribution in [0.2, 0.25) is 0 Å². The topological polar surface area (TPSA) is 104 Å². The summed E-state index contributed by atoms with van der Waals surface area (Å²) in [5.74, 6) is -0.947. The van der Waals surface area contributed by atoms with Crippen molar-refractivity contribution in [1.82, 2.24) is 9.21 Å². The number of methoxy groups -OCH3 is 1. The summed E-state index contributed by atoms with van der Waals surface area (Å²) < 4.78 is 32.4. The van der Waals surface area contributed by atoms with Crippen molar-refractivity contribution in [3.63, 3.8) is 0 Å². The number of carboxylic acid groups (broad SMARTS) is 1. The molecule has 1 N–H and O–H groups in total. The highest BCUT2D eigenvalue weighted by molar-refractivity contribution is 7.89. The second-order valence-corrected chi connectivity index (χ2v) is 8.38. The van der Waals surface area contributed by atoms with Crippen molar-refractivity contribution in [2.75, 3.05) is 26.7 Å². The van der Waals surface area contributed by atoms with Crippen LogP contribution in [-0.4, -0.2) is 67.4 Å². The largest absolute Gasteiger partial charge is 0.496 e. The van der Waals surface area contributed by atoms with Crippen LogP contribution in [0.15, 0.2) is 23.1 Å². The molecule has 2 rings (SSSR count). The van der Waals surface area contributed by atoms with E-state index in [9.17, 15) is 23.1 Å². The van der Waals surface area contributed by atoms with Crippen molar-refractivity contribution < 1.29 is 27.9 Å². The molecule has 0 radical (unpaired) electrons. The first-order chi connectivity index (χ1) is 12.1. The number of hydrogen-bond acceptors (Lipinski definition) is 5. The summed E-state index contributed by atoms with van der Waals surface area (Å²) >= 11 is 0. The molecule has 1 aromatic rings. The molecule has 9 heteroatoms. The van der Waals surface area contributed by atoms with Gasteiger partial charge in [0.1, 0.15) is 11.8 Å². The summed E-state index contributed by atoms with van der Waals surface area (Å²) in [4.78, 5) is 24.5. The quantitative estimate of drug-likeness (QED) is 0.816. The third-order valence-corrected chi connectivity index (χ3v) is 6.40. The predicted octanol–water partition coefficient (Wildman–Crippen LogP) is 1.12. The summed E-state index contributed by atoms with van der Waals surface area (Å²) in [7, 11) is -2.52. The maximum absolute atomic E-state index is 13.1. The SMILES string of the molecule is COc1ccc(S(=O)(=O)N2CCN(C(C)=O)C[C@@H]2C(=O)O)cc1C(C)C. The van der Waals surface area contributed by atoms with E-state index in [0.29, 0.717) is 5.75 Å². The summed E-state index contributed by atoms with van der Waals surface area (Å²) in [6.45, 7) is 5.09. The maximum Gasteiger partial charge on any atom is 0.323 e. The number of sulfonamides is 1. The number of amides is 1. The first-order valence-corrected chi connectivity index (χ1v) is 9.71. The van der Waals surface area contributed by atoms with E-state index in [2.05, 4.69) is 0 Å². The molecule has 1 amide bonds. The van der Waals surface area contributed by atoms with Crippen molar-refractivity contribution in [3.05, 3.63) is 23.8 Å². The van der Waals surface area contributed by atoms with Gasteiger partial charge in [-0.2, -0.15) is 4.31 Å². The van der Waals surface area contributed by atoms with E-state index >= 15 is 0 Å². The second kappa shape index (κ2) is 7.63. The highest BCUT2D eigenvalue weighted by atomic mass is 32.2. The monoisotopic (exact) mass is 384 g/mol. The average molecular weight is 384 g/mol. The molecule has 0 aliphatic carbocycles. The van der Waals surface area contributed by atoms with Crippen LogP contribution in [0.4, 0.5) is 0 Å². The summed E-state index contributed by atoms with van der Waals surface area (Å²) in [6, 6.07) is 3.19. The molecule has 0 saturated carbocycles. The summed E-state index contributed by atoms with van der Waals surface area (Å²) in [5, 5.41) is 9.48. The molecule has 1 aliphatic rings. The van der Waals surface area contributed by atoms with E-state index < -0.39 is 22.0 Å². The highest BCUT2D eigenvalue weighted by Crippen LogP contribution is 2.31. The zero-order valence-electron chi connectivity index (χ0n) is 15.3. The number of ether oxygens (including phenoxy) is 1. The number of hydrogen-bond donors (Lipinski definition) is 1. The van der Waals surface area contributed by atoms with Crippen LogP contribution in [-0.2, 0) is 19.6 Å². The fraction of sp³-hybridized carbons (Fsp3) is 0.529. The number of carboxylic acids is 1. The number of rotatable bonds is 5. The molecule has 0 spiro atoms. The van der Waals surface area contributed by atoms with Gasteiger partial charge in [-0.05, 0) is 29.7 Å². The lowest BCUT2D eigenvalue weighted by Gasteiger charge is -2.38. The van der Waals surface area contributed by atoms with Crippen molar-refractivity contribution in [3.8, 4) is 5.75 Å². The van der Waals surface area contributed by atoms with Gasteiger partial charge < -0.3 is 14.7 Å². The molecular weight excluding hydrogens is 360 g/mol. The standard InChI is InChI=1S/C17H24N2O6S/c1-11(2)14-9-13(5-6-16(14)25-4)26(23,24)19-8-7-18(12(3)20)10-15(19)17(21)22/h5-6,9,11,15H,7-8,10H2,1-4H3,(H,21,22)/t15-/m1/s1. The maximum atomic E-state index is 13.1. The van der Waals surface area contributed by atoms with Crippen LogP contribution in [0, 0.1) is 0 Å². The lowest BCUT2D eigenvalue weighted by molar-refractivity contribution is -0.145. The van der Waals surface area contributed by atoms with Gasteiger partial charge in [-0.3, -0.25) is 9.59 Å². The number of piperazine rings is 1. The lowest BCUT2D eigenvalue weighted by Crippen LogP contribution is -2.58. The van der Waals surface area contributed by atoms with Gasteiger partial charge in [0.05, 0.1) is 12.0 Å². The van der Waals surface area contributed by atoms with E-state index in [1.165, 1.54) is 31.1 Å². The number of benzene rings is 1. The molecule has 1 atom stereocenters. The summed E-state index contributed by atoms with van der Waals surface area (Å²) in [6.07, 6.45) is 0. The normalized spacial score (nSPS) is 18.8. The van der Waals surface area contributed by atoms with Gasteiger partial charge in [-0.25, -0.2) is 8.42 Å². The van der Waals surface area contributed by atoms with Crippen molar-refractivity contribution in [2.45, 2.75) is 37.6 Å². The van der Waals surface area contributed by atoms with E-state index in [0.717, 1.165) is 9.87 Å². The fourth-order valence-corrected chi connectivity index (χ4v) is 4.60. The van der Waals surface area contributed by atoms with Gasteiger partial charge in [0.2, 0.25) is 15.9 Å². The molecule has 1 aromatic carbocycles. The first-order valence-electron chi connectivity index (χ1n) is 8.27. The second-order valence-electron chi connectivity index (χ2n) is 6.49. The molecule has 0 aromatic heterocycles. The molecule has 26 heavy (non-hydrogen) atoms. The van der Waals surface area contributed by atoms with Crippen molar-refractivity contribution in [1.29, 1.82) is 0 Å². The fourth-order valence-electron chi connectivity index (χ4n) is 3.00. The Morgan fingerprint density at radius 1 is 1.27 bits per heavy atom. The minimum Gasteiger partial charge on any atom is -0.496 e. The smallest absolute Gasteiger partial charge is 0.323 e. The van der Waals surface area contributed by atoms with E-state index in [1.54, 1.807) is 6.07 Å². The van der Waals surface area contributed by atoms with Crippen LogP contribution < -0.4 is 4.74 Å². The van der Waals surface area contributed by atoms with Gasteiger partial charge in [-0.15, -0.1) is 0 Å². The van der Waals surface area contributed by atoms with Crippen molar-refractivity contribution >= 4 is 21.9 Å². The highest BCUT2D eigenvalue weighted by Gasteiger charge is 2.41. The zero-order chi connectivity index (χ0) is 19.6. The van der Waals surface area contributed by atoms with E-state index in [4.69, 9.17) is 4.74 Å². The molecule has 1 saturated heterocycles. The average Bonchev–Trinajstić information content (AvgIpc) is 2.60. The number of nitrogens with zero attached hydrogens (tertiary/aromatic N) is 2. The van der Waals surface area contributed by atoms with Crippen LogP contribution in [0.5, 0.6) is 5.75 Å². The lowest BCUT2D eigenvalue weighted by atomic mass is 10.0. The first kappa shape index (κ1) is 20.2. The molecule has 8 nitrogen and oxygen atoms in total. The molecule has 144 valence electrons. The van der Waals surface area contributed by atoms with Gasteiger partial charge in [0.25, 0.3) is 0 Å². The molecule has 0 bridgehead atoms. The van der Waals surface area contributed by atoms with Crippen LogP contribution in [0.3, 0.4) is 0 Å². The van der Waals surface area contributed by atoms with Crippen LogP contribution in [0.1, 0.15) is 32.3 Å². The Morgan fingerprint density at radius 3 is 2.42 bits per heavy atom. The Kier molecular flexibility index (Phi) is 5.92. The molecule has 1 fully saturated rings. The number of carbonyl (C=O) groups excluding carboxylic acids is 1. The molecular formula is C17H24N2O6S. The molecule has 1 aliphatic heterocycles. The van der Waals surface area contributed by atoms with Crippen LogP contribution in [0.25, 0.3) is 0 Å². The zero-order valence-corrected chi connectivity index (χ0v) is 16.1. The number of carbonyl (C=O) groups is 2. The summed E-state index contributed by atoms with van der Waals surface area (Å²) in [5.41, 5.74) is 0.725. The Hall–Kier alpha value is -2.13. The van der Waals surface area contributed by atoms with Crippen LogP contribution >= 0.6 is 0 Å². The Labute approximate surface area is 153 Å². The minimum atomic E-state index is -4.03. The van der Waals surface area contributed by atoms with E-state index in [1.807, 2.05) is 13.8 Å². The third kappa shape index (κ3) is 3.83. The Morgan fingerprint density at radius 2 is 1.92 bits per heavy atom. The van der Waals surface area contributed by atoms with E-state index in [-0.39, 0.29) is 36.4 Å².